The molecule has 2 aliphatic heterocycles. The van der Waals surface area contributed by atoms with E-state index in [0.717, 1.165) is 25.7 Å². The van der Waals surface area contributed by atoms with Gasteiger partial charge in [-0.1, -0.05) is 12.8 Å². The van der Waals surface area contributed by atoms with Crippen LogP contribution in [0, 0.1) is 16.0 Å². The van der Waals surface area contributed by atoms with Gasteiger partial charge in [-0.25, -0.2) is 0 Å². The van der Waals surface area contributed by atoms with Gasteiger partial charge in [0.1, 0.15) is 5.70 Å². The maximum atomic E-state index is 12.7. The average molecular weight is 388 g/mol. The summed E-state index contributed by atoms with van der Waals surface area (Å²) in [4.78, 5) is 41.6. The van der Waals surface area contributed by atoms with Gasteiger partial charge in [0.25, 0.3) is 5.91 Å². The first kappa shape index (κ1) is 18.5. The smallest absolute Gasteiger partial charge is 0.352 e. The van der Waals surface area contributed by atoms with E-state index < -0.39 is 10.8 Å². The van der Waals surface area contributed by atoms with Crippen molar-refractivity contribution in [3.63, 3.8) is 0 Å². The van der Waals surface area contributed by atoms with Crippen molar-refractivity contribution in [1.82, 2.24) is 14.7 Å². The molecule has 3 aliphatic rings. The van der Waals surface area contributed by atoms with E-state index in [4.69, 9.17) is 4.42 Å². The van der Waals surface area contributed by atoms with Gasteiger partial charge in [0.05, 0.1) is 11.2 Å². The van der Waals surface area contributed by atoms with Crippen molar-refractivity contribution in [3.05, 3.63) is 45.7 Å². The summed E-state index contributed by atoms with van der Waals surface area (Å²) in [5, 5.41) is 11.8. The van der Waals surface area contributed by atoms with Crippen LogP contribution >= 0.6 is 0 Å². The van der Waals surface area contributed by atoms with E-state index in [1.165, 1.54) is 6.26 Å². The summed E-state index contributed by atoms with van der Waals surface area (Å²) in [5.74, 6) is -0.398. The summed E-state index contributed by atoms with van der Waals surface area (Å²) in [6, 6.07) is 3.32. The Morgan fingerprint density at radius 3 is 2.57 bits per heavy atom. The van der Waals surface area contributed by atoms with Crippen molar-refractivity contribution >= 4 is 11.8 Å². The van der Waals surface area contributed by atoms with E-state index in [-0.39, 0.29) is 23.6 Å². The minimum atomic E-state index is -0.528. The Hall–Kier alpha value is -2.84. The van der Waals surface area contributed by atoms with Crippen LogP contribution in [0.15, 0.2) is 34.2 Å². The second kappa shape index (κ2) is 7.29. The monoisotopic (exact) mass is 388 g/mol. The number of furan rings is 1. The number of carbonyl (C=O) groups is 2. The van der Waals surface area contributed by atoms with Crippen LogP contribution in [0.5, 0.6) is 0 Å². The number of hydrogen-bond acceptors (Lipinski definition) is 6. The molecule has 0 spiro atoms. The van der Waals surface area contributed by atoms with E-state index in [0.29, 0.717) is 37.6 Å². The molecule has 2 unspecified atom stereocenters. The molecule has 4 rings (SSSR count). The predicted octanol–water partition coefficient (Wildman–Crippen LogP) is 1.56. The molecule has 3 heterocycles. The van der Waals surface area contributed by atoms with Crippen molar-refractivity contribution in [2.24, 2.45) is 5.92 Å². The molecule has 0 aromatic carbocycles. The molecule has 0 N–H and O–H groups in total. The normalized spacial score (nSPS) is 25.8. The van der Waals surface area contributed by atoms with E-state index in [1.54, 1.807) is 29.0 Å². The molecule has 1 aromatic rings. The molecule has 1 saturated heterocycles. The lowest BCUT2D eigenvalue weighted by molar-refractivity contribution is -0.424. The summed E-state index contributed by atoms with van der Waals surface area (Å²) >= 11 is 0. The van der Waals surface area contributed by atoms with Crippen LogP contribution in [0.3, 0.4) is 0 Å². The molecule has 1 aliphatic carbocycles. The fourth-order valence-electron chi connectivity index (χ4n) is 4.76. The molecular weight excluding hydrogens is 364 g/mol. The molecule has 0 radical (unpaired) electrons. The summed E-state index contributed by atoms with van der Waals surface area (Å²) in [6.45, 7) is 1.82. The van der Waals surface area contributed by atoms with Gasteiger partial charge in [0.15, 0.2) is 5.76 Å². The van der Waals surface area contributed by atoms with Crippen LogP contribution < -0.4 is 0 Å². The van der Waals surface area contributed by atoms with E-state index in [1.807, 2.05) is 4.90 Å². The zero-order chi connectivity index (χ0) is 19.8. The molecule has 2 atom stereocenters. The highest BCUT2D eigenvalue weighted by atomic mass is 16.6. The van der Waals surface area contributed by atoms with E-state index in [9.17, 15) is 19.7 Å². The third kappa shape index (κ3) is 3.04. The van der Waals surface area contributed by atoms with Gasteiger partial charge < -0.3 is 19.1 Å². The molecule has 9 heteroatoms. The minimum Gasteiger partial charge on any atom is -0.459 e. The molecule has 28 heavy (non-hydrogen) atoms. The van der Waals surface area contributed by atoms with E-state index in [2.05, 4.69) is 0 Å². The molecule has 0 bridgehead atoms. The number of nitrogens with zero attached hydrogens (tertiary/aromatic N) is 4. The van der Waals surface area contributed by atoms with Crippen molar-refractivity contribution in [2.45, 2.75) is 31.7 Å². The number of carbonyl (C=O) groups excluding carboxylic acids is 2. The number of piperazine rings is 1. The molecule has 9 nitrogen and oxygen atoms in total. The highest BCUT2D eigenvalue weighted by molar-refractivity contribution is 5.93. The fraction of sp³-hybridized carbons (Fsp3) is 0.579. The van der Waals surface area contributed by atoms with Gasteiger partial charge in [-0.15, -0.1) is 0 Å². The second-order valence-corrected chi connectivity index (χ2v) is 7.62. The number of likely N-dealkylation sites (N-methyl/N-ethyl adjacent to an activating group) is 1. The largest absolute Gasteiger partial charge is 0.459 e. The molecule has 150 valence electrons. The van der Waals surface area contributed by atoms with E-state index >= 15 is 0 Å². The number of hydrogen-bond donors (Lipinski definition) is 0. The van der Waals surface area contributed by atoms with Crippen molar-refractivity contribution in [2.75, 3.05) is 33.2 Å². The third-order valence-electron chi connectivity index (χ3n) is 6.17. The minimum absolute atomic E-state index is 0.0100. The average Bonchev–Trinajstić information content (AvgIpc) is 3.25. The molecule has 2 amide bonds. The van der Waals surface area contributed by atoms with Crippen LogP contribution in [-0.4, -0.2) is 70.7 Å². The molecular formula is C19H24N4O5. The topological polar surface area (TPSA) is 100 Å². The Morgan fingerprint density at radius 1 is 1.21 bits per heavy atom. The van der Waals surface area contributed by atoms with Crippen molar-refractivity contribution < 1.29 is 18.9 Å². The lowest BCUT2D eigenvalue weighted by Gasteiger charge is -2.46. The van der Waals surface area contributed by atoms with Crippen molar-refractivity contribution in [1.29, 1.82) is 0 Å². The summed E-state index contributed by atoms with van der Waals surface area (Å²) in [7, 11) is 1.67. The fourth-order valence-corrected chi connectivity index (χ4v) is 4.76. The summed E-state index contributed by atoms with van der Waals surface area (Å²) in [6.07, 6.45) is 5.23. The lowest BCUT2D eigenvalue weighted by Crippen LogP contribution is -2.56. The number of fused-ring (bicyclic) bond motifs is 1. The van der Waals surface area contributed by atoms with Gasteiger partial charge >= 0.3 is 11.6 Å². The first-order valence-corrected chi connectivity index (χ1v) is 9.72. The van der Waals surface area contributed by atoms with Crippen LogP contribution in [0.1, 0.15) is 36.2 Å². The van der Waals surface area contributed by atoms with Crippen LogP contribution in [0.25, 0.3) is 0 Å². The Morgan fingerprint density at radius 2 is 1.93 bits per heavy atom. The maximum Gasteiger partial charge on any atom is 0.352 e. The Bertz CT molecular complexity index is 810. The quantitative estimate of drug-likeness (QED) is 0.575. The summed E-state index contributed by atoms with van der Waals surface area (Å²) in [5.41, 5.74) is 0.277. The number of nitro groups is 1. The highest BCUT2D eigenvalue weighted by Crippen LogP contribution is 2.40. The van der Waals surface area contributed by atoms with Crippen LogP contribution in [-0.2, 0) is 4.79 Å². The zero-order valence-electron chi connectivity index (χ0n) is 15.9. The maximum absolute atomic E-state index is 12.7. The number of amides is 2. The predicted molar refractivity (Wildman–Crippen MR) is 98.7 cm³/mol. The van der Waals surface area contributed by atoms with Gasteiger partial charge in [-0.3, -0.25) is 19.7 Å². The van der Waals surface area contributed by atoms with Crippen LogP contribution in [0.2, 0.25) is 0 Å². The van der Waals surface area contributed by atoms with Crippen LogP contribution in [0.4, 0.5) is 0 Å². The Balaban J connectivity index is 1.58. The zero-order valence-corrected chi connectivity index (χ0v) is 15.9. The SMILES string of the molecule is CN1C(=O)C([N+](=O)[O-])=C(N2CCN(C(=O)c3ccco3)CC2)C2CCCCC21. The highest BCUT2D eigenvalue weighted by Gasteiger charge is 2.48. The van der Waals surface area contributed by atoms with Crippen molar-refractivity contribution in [3.8, 4) is 0 Å². The Kier molecular flexibility index (Phi) is 4.82. The second-order valence-electron chi connectivity index (χ2n) is 7.62. The number of rotatable bonds is 3. The van der Waals surface area contributed by atoms with Gasteiger partial charge in [-0.2, -0.15) is 0 Å². The summed E-state index contributed by atoms with van der Waals surface area (Å²) < 4.78 is 5.18. The molecule has 2 fully saturated rings. The molecule has 1 aromatic heterocycles. The standard InChI is InChI=1S/C19H24N4O5/c1-20-14-6-3-2-5-13(14)16(17(19(20)25)23(26)27)21-8-10-22(11-9-21)18(24)15-7-4-12-28-15/h4,7,12-14H,2-3,5-6,8-11H2,1H3. The lowest BCUT2D eigenvalue weighted by atomic mass is 9.78. The first-order chi connectivity index (χ1) is 13.5. The Labute approximate surface area is 162 Å². The first-order valence-electron chi connectivity index (χ1n) is 9.72. The van der Waals surface area contributed by atoms with Gasteiger partial charge in [-0.05, 0) is 25.0 Å². The van der Waals surface area contributed by atoms with Gasteiger partial charge in [0.2, 0.25) is 0 Å². The van der Waals surface area contributed by atoms with Gasteiger partial charge in [0, 0.05) is 45.2 Å². The molecule has 1 saturated carbocycles. The third-order valence-corrected chi connectivity index (χ3v) is 6.17.